The van der Waals surface area contributed by atoms with Crippen LogP contribution >= 0.6 is 0 Å². The second kappa shape index (κ2) is 6.53. The quantitative estimate of drug-likeness (QED) is 0.857. The maximum atomic E-state index is 12.5. The smallest absolute Gasteiger partial charge is 0.253 e. The van der Waals surface area contributed by atoms with Gasteiger partial charge in [-0.2, -0.15) is 5.26 Å². The van der Waals surface area contributed by atoms with E-state index >= 15 is 0 Å². The zero-order valence-corrected chi connectivity index (χ0v) is 13.2. The Hall–Kier alpha value is -2.80. The van der Waals surface area contributed by atoms with E-state index in [2.05, 4.69) is 11.0 Å². The molecule has 0 unspecified atom stereocenters. The fourth-order valence-electron chi connectivity index (χ4n) is 2.79. The van der Waals surface area contributed by atoms with Crippen molar-refractivity contribution in [1.29, 1.82) is 5.26 Å². The van der Waals surface area contributed by atoms with Gasteiger partial charge in [-0.15, -0.1) is 0 Å². The SMILES string of the molecule is Cc1ccc(C(=O)N2CCN(c3ccc(C#N)cc3)CC2)cc1. The number of hydrogen-bond acceptors (Lipinski definition) is 3. The first-order valence-electron chi connectivity index (χ1n) is 7.78. The van der Waals surface area contributed by atoms with E-state index in [1.807, 2.05) is 60.4 Å². The van der Waals surface area contributed by atoms with Crippen LogP contribution in [0.25, 0.3) is 0 Å². The number of rotatable bonds is 2. The molecular weight excluding hydrogens is 286 g/mol. The number of nitriles is 1. The first kappa shape index (κ1) is 15.1. The molecule has 116 valence electrons. The molecule has 2 aromatic carbocycles. The van der Waals surface area contributed by atoms with Crippen molar-refractivity contribution in [1.82, 2.24) is 4.90 Å². The summed E-state index contributed by atoms with van der Waals surface area (Å²) in [7, 11) is 0. The van der Waals surface area contributed by atoms with E-state index < -0.39 is 0 Å². The summed E-state index contributed by atoms with van der Waals surface area (Å²) in [4.78, 5) is 16.7. The van der Waals surface area contributed by atoms with Crippen LogP contribution in [0.5, 0.6) is 0 Å². The summed E-state index contributed by atoms with van der Waals surface area (Å²) in [6.45, 7) is 5.07. The molecule has 1 aliphatic rings. The second-order valence-electron chi connectivity index (χ2n) is 5.80. The highest BCUT2D eigenvalue weighted by molar-refractivity contribution is 5.94. The van der Waals surface area contributed by atoms with Gasteiger partial charge in [-0.25, -0.2) is 0 Å². The van der Waals surface area contributed by atoms with Gasteiger partial charge in [0.25, 0.3) is 5.91 Å². The molecule has 0 aliphatic carbocycles. The molecule has 2 aromatic rings. The number of piperazine rings is 1. The highest BCUT2D eigenvalue weighted by Crippen LogP contribution is 2.18. The third kappa shape index (κ3) is 3.35. The number of carbonyl (C=O) groups is 1. The molecule has 1 saturated heterocycles. The number of hydrogen-bond donors (Lipinski definition) is 0. The van der Waals surface area contributed by atoms with Gasteiger partial charge in [-0.05, 0) is 43.3 Å². The summed E-state index contributed by atoms with van der Waals surface area (Å²) in [5.74, 6) is 0.101. The van der Waals surface area contributed by atoms with Gasteiger partial charge in [0.15, 0.2) is 0 Å². The first-order valence-corrected chi connectivity index (χ1v) is 7.78. The van der Waals surface area contributed by atoms with Crippen LogP contribution in [0, 0.1) is 18.3 Å². The van der Waals surface area contributed by atoms with E-state index in [1.165, 1.54) is 0 Å². The molecular formula is C19H19N3O. The van der Waals surface area contributed by atoms with Crippen molar-refractivity contribution in [2.45, 2.75) is 6.92 Å². The lowest BCUT2D eigenvalue weighted by molar-refractivity contribution is 0.0747. The molecule has 0 aromatic heterocycles. The summed E-state index contributed by atoms with van der Waals surface area (Å²) < 4.78 is 0. The topological polar surface area (TPSA) is 47.3 Å². The highest BCUT2D eigenvalue weighted by Gasteiger charge is 2.22. The number of nitrogens with zero attached hydrogens (tertiary/aromatic N) is 3. The Morgan fingerprint density at radius 3 is 2.13 bits per heavy atom. The molecule has 23 heavy (non-hydrogen) atoms. The van der Waals surface area contributed by atoms with Gasteiger partial charge in [0.2, 0.25) is 0 Å². The fourth-order valence-corrected chi connectivity index (χ4v) is 2.79. The van der Waals surface area contributed by atoms with E-state index in [-0.39, 0.29) is 5.91 Å². The number of aryl methyl sites for hydroxylation is 1. The van der Waals surface area contributed by atoms with E-state index in [0.717, 1.165) is 29.9 Å². The molecule has 0 N–H and O–H groups in total. The molecule has 0 bridgehead atoms. The Labute approximate surface area is 136 Å². The largest absolute Gasteiger partial charge is 0.368 e. The molecule has 3 rings (SSSR count). The Morgan fingerprint density at radius 2 is 1.57 bits per heavy atom. The third-order valence-corrected chi connectivity index (χ3v) is 4.23. The van der Waals surface area contributed by atoms with Gasteiger partial charge in [-0.3, -0.25) is 4.79 Å². The Morgan fingerprint density at radius 1 is 0.957 bits per heavy atom. The van der Waals surface area contributed by atoms with Crippen LogP contribution < -0.4 is 4.90 Å². The minimum absolute atomic E-state index is 0.101. The molecule has 0 radical (unpaired) electrons. The van der Waals surface area contributed by atoms with Crippen LogP contribution in [-0.2, 0) is 0 Å². The summed E-state index contributed by atoms with van der Waals surface area (Å²) in [5, 5.41) is 8.85. The van der Waals surface area contributed by atoms with Gasteiger partial charge < -0.3 is 9.80 Å². The second-order valence-corrected chi connectivity index (χ2v) is 5.80. The molecule has 1 aliphatic heterocycles. The minimum Gasteiger partial charge on any atom is -0.368 e. The van der Waals surface area contributed by atoms with Crippen LogP contribution in [0.2, 0.25) is 0 Å². The molecule has 0 saturated carbocycles. The van der Waals surface area contributed by atoms with Crippen molar-refractivity contribution in [2.75, 3.05) is 31.1 Å². The zero-order valence-electron chi connectivity index (χ0n) is 13.2. The van der Waals surface area contributed by atoms with Gasteiger partial charge in [0.1, 0.15) is 0 Å². The first-order chi connectivity index (χ1) is 11.2. The molecule has 1 fully saturated rings. The van der Waals surface area contributed by atoms with Gasteiger partial charge in [0.05, 0.1) is 11.6 Å². The van der Waals surface area contributed by atoms with E-state index in [9.17, 15) is 4.79 Å². The third-order valence-electron chi connectivity index (χ3n) is 4.23. The monoisotopic (exact) mass is 305 g/mol. The highest BCUT2D eigenvalue weighted by atomic mass is 16.2. The zero-order chi connectivity index (χ0) is 16.2. The Kier molecular flexibility index (Phi) is 4.29. The van der Waals surface area contributed by atoms with Crippen LogP contribution in [-0.4, -0.2) is 37.0 Å². The number of anilines is 1. The number of benzene rings is 2. The van der Waals surface area contributed by atoms with Crippen LogP contribution in [0.15, 0.2) is 48.5 Å². The molecule has 0 atom stereocenters. The summed E-state index contributed by atoms with van der Waals surface area (Å²) in [5.41, 5.74) is 3.68. The Bertz CT molecular complexity index is 721. The van der Waals surface area contributed by atoms with Crippen molar-refractivity contribution in [3.63, 3.8) is 0 Å². The maximum Gasteiger partial charge on any atom is 0.253 e. The molecule has 4 heteroatoms. The van der Waals surface area contributed by atoms with Gasteiger partial charge >= 0.3 is 0 Å². The predicted octanol–water partition coefficient (Wildman–Crippen LogP) is 2.83. The van der Waals surface area contributed by atoms with Crippen molar-refractivity contribution in [3.8, 4) is 6.07 Å². The molecule has 0 spiro atoms. The lowest BCUT2D eigenvalue weighted by Crippen LogP contribution is -2.48. The Balaban J connectivity index is 1.62. The van der Waals surface area contributed by atoms with Crippen molar-refractivity contribution >= 4 is 11.6 Å². The number of carbonyl (C=O) groups excluding carboxylic acids is 1. The molecule has 4 nitrogen and oxygen atoms in total. The van der Waals surface area contributed by atoms with E-state index in [0.29, 0.717) is 18.7 Å². The standard InChI is InChI=1S/C19H19N3O/c1-15-2-6-17(7-3-15)19(23)22-12-10-21(11-13-22)18-8-4-16(14-20)5-9-18/h2-9H,10-13H2,1H3. The van der Waals surface area contributed by atoms with Crippen molar-refractivity contribution in [2.24, 2.45) is 0 Å². The lowest BCUT2D eigenvalue weighted by Gasteiger charge is -2.36. The molecule has 1 heterocycles. The van der Waals surface area contributed by atoms with E-state index in [1.54, 1.807) is 0 Å². The summed E-state index contributed by atoms with van der Waals surface area (Å²) >= 11 is 0. The molecule has 1 amide bonds. The summed E-state index contributed by atoms with van der Waals surface area (Å²) in [6, 6.07) is 17.5. The van der Waals surface area contributed by atoms with Crippen LogP contribution in [0.3, 0.4) is 0 Å². The minimum atomic E-state index is 0.101. The maximum absolute atomic E-state index is 12.5. The normalized spacial score (nSPS) is 14.4. The van der Waals surface area contributed by atoms with Crippen LogP contribution in [0.4, 0.5) is 5.69 Å². The fraction of sp³-hybridized carbons (Fsp3) is 0.263. The average molecular weight is 305 g/mol. The predicted molar refractivity (Wildman–Crippen MR) is 90.5 cm³/mol. The van der Waals surface area contributed by atoms with Gasteiger partial charge in [0, 0.05) is 37.4 Å². The van der Waals surface area contributed by atoms with Crippen LogP contribution in [0.1, 0.15) is 21.5 Å². The summed E-state index contributed by atoms with van der Waals surface area (Å²) in [6.07, 6.45) is 0. The van der Waals surface area contributed by atoms with Gasteiger partial charge in [-0.1, -0.05) is 17.7 Å². The van der Waals surface area contributed by atoms with Crippen molar-refractivity contribution < 1.29 is 4.79 Å². The number of amides is 1. The lowest BCUT2D eigenvalue weighted by atomic mass is 10.1. The average Bonchev–Trinajstić information content (AvgIpc) is 2.62. The van der Waals surface area contributed by atoms with E-state index in [4.69, 9.17) is 5.26 Å². The van der Waals surface area contributed by atoms with Crippen molar-refractivity contribution in [3.05, 3.63) is 65.2 Å².